The van der Waals surface area contributed by atoms with Crippen LogP contribution >= 0.6 is 11.6 Å². The lowest BCUT2D eigenvalue weighted by Gasteiger charge is -2.08. The van der Waals surface area contributed by atoms with Gasteiger partial charge in [-0.2, -0.15) is 0 Å². The number of benzene rings is 2. The SMILES string of the molecule is CC(=O)Nc1cccc(NC(=O)C(=O)Nc2ccc(Cl)cc2)c1. The van der Waals surface area contributed by atoms with Crippen molar-refractivity contribution in [3.05, 3.63) is 53.6 Å². The summed E-state index contributed by atoms with van der Waals surface area (Å²) >= 11 is 5.75. The highest BCUT2D eigenvalue weighted by molar-refractivity contribution is 6.43. The van der Waals surface area contributed by atoms with Crippen LogP contribution in [0.25, 0.3) is 0 Å². The second-order valence-electron chi connectivity index (χ2n) is 4.68. The highest BCUT2D eigenvalue weighted by Gasteiger charge is 2.14. The molecule has 23 heavy (non-hydrogen) atoms. The van der Waals surface area contributed by atoms with E-state index >= 15 is 0 Å². The lowest BCUT2D eigenvalue weighted by molar-refractivity contribution is -0.132. The minimum absolute atomic E-state index is 0.228. The average Bonchev–Trinajstić information content (AvgIpc) is 2.49. The van der Waals surface area contributed by atoms with Crippen LogP contribution in [0.2, 0.25) is 5.02 Å². The van der Waals surface area contributed by atoms with E-state index in [1.807, 2.05) is 0 Å². The summed E-state index contributed by atoms with van der Waals surface area (Å²) in [6, 6.07) is 12.9. The summed E-state index contributed by atoms with van der Waals surface area (Å²) in [4.78, 5) is 34.7. The van der Waals surface area contributed by atoms with Gasteiger partial charge in [-0.1, -0.05) is 17.7 Å². The Morgan fingerprint density at radius 2 is 1.30 bits per heavy atom. The van der Waals surface area contributed by atoms with Crippen molar-refractivity contribution in [2.24, 2.45) is 0 Å². The van der Waals surface area contributed by atoms with Crippen molar-refractivity contribution in [3.8, 4) is 0 Å². The molecule has 0 fully saturated rings. The van der Waals surface area contributed by atoms with Crippen LogP contribution in [0.5, 0.6) is 0 Å². The second kappa shape index (κ2) is 7.42. The van der Waals surface area contributed by atoms with E-state index < -0.39 is 11.8 Å². The molecule has 7 heteroatoms. The van der Waals surface area contributed by atoms with Gasteiger partial charge in [-0.25, -0.2) is 0 Å². The number of carbonyl (C=O) groups excluding carboxylic acids is 3. The summed E-state index contributed by atoms with van der Waals surface area (Å²) in [6.07, 6.45) is 0. The molecule has 0 aliphatic rings. The summed E-state index contributed by atoms with van der Waals surface area (Å²) in [5, 5.41) is 8.03. The average molecular weight is 332 g/mol. The molecule has 0 heterocycles. The van der Waals surface area contributed by atoms with Gasteiger partial charge in [-0.05, 0) is 42.5 Å². The van der Waals surface area contributed by atoms with Crippen molar-refractivity contribution < 1.29 is 14.4 Å². The van der Waals surface area contributed by atoms with E-state index in [4.69, 9.17) is 11.6 Å². The van der Waals surface area contributed by atoms with Crippen LogP contribution in [0.15, 0.2) is 48.5 Å². The first-order chi connectivity index (χ1) is 10.9. The number of carbonyl (C=O) groups is 3. The van der Waals surface area contributed by atoms with Crippen molar-refractivity contribution in [1.82, 2.24) is 0 Å². The number of hydrogen-bond donors (Lipinski definition) is 3. The van der Waals surface area contributed by atoms with Crippen molar-refractivity contribution >= 4 is 46.4 Å². The van der Waals surface area contributed by atoms with Crippen LogP contribution in [-0.2, 0) is 14.4 Å². The molecule has 0 radical (unpaired) electrons. The minimum Gasteiger partial charge on any atom is -0.326 e. The summed E-state index contributed by atoms with van der Waals surface area (Å²) in [7, 11) is 0. The summed E-state index contributed by atoms with van der Waals surface area (Å²) < 4.78 is 0. The highest BCUT2D eigenvalue weighted by atomic mass is 35.5. The minimum atomic E-state index is -0.820. The highest BCUT2D eigenvalue weighted by Crippen LogP contribution is 2.16. The fraction of sp³-hybridized carbons (Fsp3) is 0.0625. The van der Waals surface area contributed by atoms with Gasteiger partial charge in [-0.15, -0.1) is 0 Å². The van der Waals surface area contributed by atoms with Crippen LogP contribution < -0.4 is 16.0 Å². The lowest BCUT2D eigenvalue weighted by atomic mass is 10.2. The second-order valence-corrected chi connectivity index (χ2v) is 5.11. The zero-order chi connectivity index (χ0) is 16.8. The van der Waals surface area contributed by atoms with Crippen molar-refractivity contribution in [3.63, 3.8) is 0 Å². The van der Waals surface area contributed by atoms with Crippen LogP contribution in [0, 0.1) is 0 Å². The molecular weight excluding hydrogens is 318 g/mol. The molecule has 0 unspecified atom stereocenters. The lowest BCUT2D eigenvalue weighted by Crippen LogP contribution is -2.29. The van der Waals surface area contributed by atoms with Gasteiger partial charge in [0.25, 0.3) is 0 Å². The molecule has 0 aliphatic heterocycles. The van der Waals surface area contributed by atoms with Gasteiger partial charge in [0.1, 0.15) is 0 Å². The number of amides is 3. The Labute approximate surface area is 137 Å². The maximum absolute atomic E-state index is 11.9. The zero-order valence-corrected chi connectivity index (χ0v) is 13.0. The molecule has 6 nitrogen and oxygen atoms in total. The standard InChI is InChI=1S/C16H14ClN3O3/c1-10(21)18-13-3-2-4-14(9-13)20-16(23)15(22)19-12-7-5-11(17)6-8-12/h2-9H,1H3,(H,18,21)(H,19,22)(H,20,23). The van der Waals surface area contributed by atoms with E-state index in [1.165, 1.54) is 6.92 Å². The summed E-state index contributed by atoms with van der Waals surface area (Å²) in [6.45, 7) is 1.38. The fourth-order valence-corrected chi connectivity index (χ4v) is 1.91. The van der Waals surface area contributed by atoms with E-state index in [9.17, 15) is 14.4 Å². The predicted octanol–water partition coefficient (Wildman–Crippen LogP) is 2.88. The molecule has 2 aromatic rings. The molecule has 0 atom stereocenters. The van der Waals surface area contributed by atoms with Gasteiger partial charge in [0.2, 0.25) is 5.91 Å². The number of nitrogens with one attached hydrogen (secondary N) is 3. The van der Waals surface area contributed by atoms with Crippen molar-refractivity contribution in [2.75, 3.05) is 16.0 Å². The molecule has 3 N–H and O–H groups in total. The topological polar surface area (TPSA) is 87.3 Å². The zero-order valence-electron chi connectivity index (χ0n) is 12.2. The molecule has 0 saturated heterocycles. The quantitative estimate of drug-likeness (QED) is 0.756. The molecule has 0 spiro atoms. The molecule has 0 aromatic heterocycles. The van der Waals surface area contributed by atoms with E-state index in [0.717, 1.165) is 0 Å². The van der Waals surface area contributed by atoms with E-state index in [1.54, 1.807) is 48.5 Å². The first-order valence-corrected chi connectivity index (χ1v) is 7.07. The predicted molar refractivity (Wildman–Crippen MR) is 89.5 cm³/mol. The van der Waals surface area contributed by atoms with Crippen LogP contribution in [0.1, 0.15) is 6.92 Å². The van der Waals surface area contributed by atoms with Crippen molar-refractivity contribution in [1.29, 1.82) is 0 Å². The number of anilines is 3. The van der Waals surface area contributed by atoms with Gasteiger partial charge >= 0.3 is 11.8 Å². The number of halogens is 1. The fourth-order valence-electron chi connectivity index (χ4n) is 1.79. The Kier molecular flexibility index (Phi) is 5.32. The smallest absolute Gasteiger partial charge is 0.314 e. The monoisotopic (exact) mass is 331 g/mol. The molecule has 3 amide bonds. The van der Waals surface area contributed by atoms with Crippen LogP contribution in [0.4, 0.5) is 17.1 Å². The normalized spacial score (nSPS) is 9.83. The third-order valence-corrected chi connectivity index (χ3v) is 3.00. The maximum atomic E-state index is 11.9. The Balaban J connectivity index is 1.99. The van der Waals surface area contributed by atoms with Gasteiger partial charge in [0, 0.05) is 29.0 Å². The van der Waals surface area contributed by atoms with E-state index in [-0.39, 0.29) is 5.91 Å². The Morgan fingerprint density at radius 1 is 0.783 bits per heavy atom. The number of hydrogen-bond acceptors (Lipinski definition) is 3. The molecule has 2 aromatic carbocycles. The Morgan fingerprint density at radius 3 is 1.87 bits per heavy atom. The van der Waals surface area contributed by atoms with Gasteiger partial charge < -0.3 is 16.0 Å². The van der Waals surface area contributed by atoms with E-state index in [2.05, 4.69) is 16.0 Å². The summed E-state index contributed by atoms with van der Waals surface area (Å²) in [5.41, 5.74) is 1.38. The molecule has 0 bridgehead atoms. The first-order valence-electron chi connectivity index (χ1n) is 6.69. The largest absolute Gasteiger partial charge is 0.326 e. The Bertz CT molecular complexity index is 744. The molecular formula is C16H14ClN3O3. The van der Waals surface area contributed by atoms with E-state index in [0.29, 0.717) is 22.1 Å². The number of rotatable bonds is 3. The van der Waals surface area contributed by atoms with Gasteiger partial charge in [0.05, 0.1) is 0 Å². The molecule has 2 rings (SSSR count). The van der Waals surface area contributed by atoms with Gasteiger partial charge in [0.15, 0.2) is 0 Å². The Hall–Kier alpha value is -2.86. The maximum Gasteiger partial charge on any atom is 0.314 e. The van der Waals surface area contributed by atoms with Crippen LogP contribution in [-0.4, -0.2) is 17.7 Å². The third-order valence-electron chi connectivity index (χ3n) is 2.75. The summed E-state index contributed by atoms with van der Waals surface area (Å²) in [5.74, 6) is -1.86. The molecule has 0 saturated carbocycles. The molecule has 118 valence electrons. The first kappa shape index (κ1) is 16.5. The van der Waals surface area contributed by atoms with Gasteiger partial charge in [-0.3, -0.25) is 14.4 Å². The third kappa shape index (κ3) is 5.12. The van der Waals surface area contributed by atoms with Crippen LogP contribution in [0.3, 0.4) is 0 Å². The molecule has 0 aliphatic carbocycles. The van der Waals surface area contributed by atoms with Crippen molar-refractivity contribution in [2.45, 2.75) is 6.92 Å².